The molecule has 1 atom stereocenters. The molecule has 1 amide bonds. The average molecular weight is 472 g/mol. The van der Waals surface area contributed by atoms with Gasteiger partial charge in [0.2, 0.25) is 0 Å². The molecule has 3 heterocycles. The van der Waals surface area contributed by atoms with Gasteiger partial charge in [-0.3, -0.25) is 9.78 Å². The normalized spacial score (nSPS) is 12.3. The minimum Gasteiger partial charge on any atom is -0.458 e. The monoisotopic (exact) mass is 471 g/mol. The van der Waals surface area contributed by atoms with Gasteiger partial charge in [0.15, 0.2) is 0 Å². The Hall–Kier alpha value is -4.14. The minimum absolute atomic E-state index is 0.113. The number of ether oxygens (including phenoxy) is 1. The van der Waals surface area contributed by atoms with Gasteiger partial charge in [0.25, 0.3) is 5.91 Å². The van der Waals surface area contributed by atoms with Gasteiger partial charge in [0.05, 0.1) is 16.8 Å². The summed E-state index contributed by atoms with van der Waals surface area (Å²) in [5.41, 5.74) is 3.59. The van der Waals surface area contributed by atoms with Crippen molar-refractivity contribution in [1.29, 1.82) is 0 Å². The van der Waals surface area contributed by atoms with Crippen LogP contribution in [0.25, 0.3) is 22.2 Å². The Bertz CT molecular complexity index is 1330. The van der Waals surface area contributed by atoms with Crippen molar-refractivity contribution in [2.45, 2.75) is 39.2 Å². The van der Waals surface area contributed by atoms with Gasteiger partial charge in [0, 0.05) is 55.1 Å². The fourth-order valence-electron chi connectivity index (χ4n) is 3.68. The first-order valence-electron chi connectivity index (χ1n) is 11.4. The molecule has 9 nitrogen and oxygen atoms in total. The van der Waals surface area contributed by atoms with Crippen LogP contribution in [0.4, 0.5) is 5.82 Å². The molecule has 180 valence electrons. The lowest BCUT2D eigenvalue weighted by Crippen LogP contribution is -2.24. The number of carbonyl (C=O) groups is 1. The van der Waals surface area contributed by atoms with Gasteiger partial charge in [-0.2, -0.15) is 0 Å². The van der Waals surface area contributed by atoms with Crippen LogP contribution in [-0.4, -0.2) is 50.0 Å². The van der Waals surface area contributed by atoms with Crippen LogP contribution in [0.2, 0.25) is 0 Å². The second-order valence-corrected chi connectivity index (χ2v) is 9.22. The Morgan fingerprint density at radius 2 is 1.83 bits per heavy atom. The molecule has 0 saturated carbocycles. The first kappa shape index (κ1) is 24.0. The standard InChI is InChI=1S/C26H29N7O2/c1-16(18-7-6-8-19-20(24(34)27-5)9-10-28-23(18)19)12-29-22-11-21(32-15-33-22)17-13-30-25(31-14-17)35-26(2,3)4/h6-11,13-16H,12H2,1-5H3,(H,27,34)(H,29,32,33)/t16-/m1/s1. The highest BCUT2D eigenvalue weighted by Gasteiger charge is 2.16. The van der Waals surface area contributed by atoms with Crippen molar-refractivity contribution in [3.63, 3.8) is 0 Å². The maximum atomic E-state index is 12.3. The summed E-state index contributed by atoms with van der Waals surface area (Å²) in [7, 11) is 1.63. The van der Waals surface area contributed by atoms with Crippen molar-refractivity contribution in [2.75, 3.05) is 18.9 Å². The number of fused-ring (bicyclic) bond motifs is 1. The molecule has 0 unspecified atom stereocenters. The maximum absolute atomic E-state index is 12.3. The minimum atomic E-state index is -0.367. The third kappa shape index (κ3) is 5.68. The van der Waals surface area contributed by atoms with Crippen LogP contribution in [0.15, 0.2) is 55.2 Å². The van der Waals surface area contributed by atoms with E-state index in [1.54, 1.807) is 31.7 Å². The number of para-hydroxylation sites is 1. The molecule has 0 fully saturated rings. The number of pyridine rings is 1. The smallest absolute Gasteiger partial charge is 0.316 e. The quantitative estimate of drug-likeness (QED) is 0.411. The number of aromatic nitrogens is 5. The summed E-state index contributed by atoms with van der Waals surface area (Å²) in [6, 6.07) is 9.85. The zero-order valence-corrected chi connectivity index (χ0v) is 20.5. The lowest BCUT2D eigenvalue weighted by atomic mass is 9.96. The van der Waals surface area contributed by atoms with E-state index >= 15 is 0 Å². The number of rotatable bonds is 7. The highest BCUT2D eigenvalue weighted by Crippen LogP contribution is 2.27. The molecule has 0 saturated heterocycles. The van der Waals surface area contributed by atoms with E-state index in [9.17, 15) is 4.79 Å². The first-order valence-corrected chi connectivity index (χ1v) is 11.4. The summed E-state index contributed by atoms with van der Waals surface area (Å²) in [6.45, 7) is 8.57. The van der Waals surface area contributed by atoms with Crippen molar-refractivity contribution >= 4 is 22.6 Å². The number of amides is 1. The predicted octanol–water partition coefficient (Wildman–Crippen LogP) is 4.23. The number of carbonyl (C=O) groups excluding carboxylic acids is 1. The van der Waals surface area contributed by atoms with Crippen LogP contribution >= 0.6 is 0 Å². The molecular weight excluding hydrogens is 442 g/mol. The molecule has 0 aliphatic carbocycles. The number of nitrogens with zero attached hydrogens (tertiary/aromatic N) is 5. The topological polar surface area (TPSA) is 115 Å². The summed E-state index contributed by atoms with van der Waals surface area (Å²) in [6.07, 6.45) is 6.56. The Morgan fingerprint density at radius 3 is 2.54 bits per heavy atom. The van der Waals surface area contributed by atoms with E-state index < -0.39 is 0 Å². The molecule has 4 aromatic rings. The molecule has 3 aromatic heterocycles. The predicted molar refractivity (Wildman–Crippen MR) is 135 cm³/mol. The van der Waals surface area contributed by atoms with Crippen LogP contribution in [0.5, 0.6) is 6.01 Å². The Morgan fingerprint density at radius 1 is 1.06 bits per heavy atom. The molecule has 2 N–H and O–H groups in total. The summed E-state index contributed by atoms with van der Waals surface area (Å²) in [4.78, 5) is 34.1. The largest absolute Gasteiger partial charge is 0.458 e. The summed E-state index contributed by atoms with van der Waals surface area (Å²) >= 11 is 0. The highest BCUT2D eigenvalue weighted by molar-refractivity contribution is 6.06. The molecule has 0 radical (unpaired) electrons. The second-order valence-electron chi connectivity index (χ2n) is 9.22. The highest BCUT2D eigenvalue weighted by atomic mass is 16.5. The van der Waals surface area contributed by atoms with Crippen LogP contribution in [-0.2, 0) is 0 Å². The first-order chi connectivity index (χ1) is 16.7. The van der Waals surface area contributed by atoms with E-state index in [4.69, 9.17) is 4.74 Å². The summed E-state index contributed by atoms with van der Waals surface area (Å²) in [5, 5.41) is 6.91. The molecule has 35 heavy (non-hydrogen) atoms. The fraction of sp³-hybridized carbons (Fsp3) is 0.308. The average Bonchev–Trinajstić information content (AvgIpc) is 2.85. The van der Waals surface area contributed by atoms with E-state index in [-0.39, 0.29) is 17.4 Å². The van der Waals surface area contributed by atoms with E-state index in [1.165, 1.54) is 6.33 Å². The van der Waals surface area contributed by atoms with Gasteiger partial charge in [-0.1, -0.05) is 25.1 Å². The van der Waals surface area contributed by atoms with Crippen molar-refractivity contribution in [2.24, 2.45) is 0 Å². The van der Waals surface area contributed by atoms with E-state index in [2.05, 4.69) is 42.5 Å². The van der Waals surface area contributed by atoms with Gasteiger partial charge in [0.1, 0.15) is 17.7 Å². The second kappa shape index (κ2) is 10.0. The van der Waals surface area contributed by atoms with Crippen LogP contribution in [0.1, 0.15) is 49.5 Å². The van der Waals surface area contributed by atoms with Crippen LogP contribution < -0.4 is 15.4 Å². The lowest BCUT2D eigenvalue weighted by Gasteiger charge is -2.19. The molecule has 9 heteroatoms. The Kier molecular flexibility index (Phi) is 6.86. The van der Waals surface area contributed by atoms with E-state index in [0.29, 0.717) is 29.6 Å². The number of benzene rings is 1. The zero-order chi connectivity index (χ0) is 25.0. The molecule has 4 rings (SSSR count). The number of hydrogen-bond donors (Lipinski definition) is 2. The number of nitrogens with one attached hydrogen (secondary N) is 2. The third-order valence-corrected chi connectivity index (χ3v) is 5.38. The van der Waals surface area contributed by atoms with Gasteiger partial charge in [-0.05, 0) is 32.4 Å². The molecule has 0 aliphatic rings. The summed E-state index contributed by atoms with van der Waals surface area (Å²) in [5.74, 6) is 0.675. The molecule has 0 aliphatic heterocycles. The zero-order valence-electron chi connectivity index (χ0n) is 20.5. The number of hydrogen-bond acceptors (Lipinski definition) is 8. The van der Waals surface area contributed by atoms with Crippen molar-refractivity contribution in [3.05, 3.63) is 66.4 Å². The van der Waals surface area contributed by atoms with Crippen molar-refractivity contribution in [3.8, 4) is 17.3 Å². The third-order valence-electron chi connectivity index (χ3n) is 5.38. The summed E-state index contributed by atoms with van der Waals surface area (Å²) < 4.78 is 5.69. The number of anilines is 1. The van der Waals surface area contributed by atoms with Gasteiger partial charge >= 0.3 is 6.01 Å². The fourth-order valence-corrected chi connectivity index (χ4v) is 3.68. The van der Waals surface area contributed by atoms with Gasteiger partial charge in [-0.25, -0.2) is 19.9 Å². The molecule has 0 spiro atoms. The lowest BCUT2D eigenvalue weighted by molar-refractivity contribution is 0.0964. The Labute approximate surface area is 204 Å². The van der Waals surface area contributed by atoms with Gasteiger partial charge < -0.3 is 15.4 Å². The van der Waals surface area contributed by atoms with Crippen molar-refractivity contribution in [1.82, 2.24) is 30.2 Å². The SMILES string of the molecule is CNC(=O)c1ccnc2c([C@H](C)CNc3cc(-c4cnc(OC(C)(C)C)nc4)ncn3)cccc12. The van der Waals surface area contributed by atoms with Crippen LogP contribution in [0, 0.1) is 0 Å². The van der Waals surface area contributed by atoms with Crippen molar-refractivity contribution < 1.29 is 9.53 Å². The maximum Gasteiger partial charge on any atom is 0.316 e. The van der Waals surface area contributed by atoms with E-state index in [0.717, 1.165) is 22.0 Å². The Balaban J connectivity index is 1.50. The van der Waals surface area contributed by atoms with Gasteiger partial charge in [-0.15, -0.1) is 0 Å². The van der Waals surface area contributed by atoms with Crippen LogP contribution in [0.3, 0.4) is 0 Å². The molecule has 1 aromatic carbocycles. The van der Waals surface area contributed by atoms with E-state index in [1.807, 2.05) is 45.0 Å². The molecular formula is C26H29N7O2. The molecule has 0 bridgehead atoms.